The van der Waals surface area contributed by atoms with Gasteiger partial charge in [-0.3, -0.25) is 4.90 Å². The molecule has 130 valence electrons. The van der Waals surface area contributed by atoms with Gasteiger partial charge in [-0.2, -0.15) is 0 Å². The van der Waals surface area contributed by atoms with Crippen LogP contribution in [-0.2, 0) is 6.54 Å². The highest BCUT2D eigenvalue weighted by Crippen LogP contribution is 2.32. The number of likely N-dealkylation sites (N-methyl/N-ethyl adjacent to an activating group) is 1. The Labute approximate surface area is 151 Å². The molecule has 3 aromatic rings. The third-order valence-electron chi connectivity index (χ3n) is 4.56. The van der Waals surface area contributed by atoms with Crippen LogP contribution in [0.2, 0.25) is 0 Å². The summed E-state index contributed by atoms with van der Waals surface area (Å²) >= 11 is 0. The molecule has 26 heavy (non-hydrogen) atoms. The van der Waals surface area contributed by atoms with Crippen LogP contribution < -0.4 is 5.73 Å². The molecule has 1 aliphatic rings. The molecule has 0 amide bonds. The number of hydrogen-bond acceptors (Lipinski definition) is 4. The van der Waals surface area contributed by atoms with Gasteiger partial charge in [0.05, 0.1) is 5.69 Å². The Morgan fingerprint density at radius 1 is 1.00 bits per heavy atom. The molecule has 0 fully saturated rings. The highest BCUT2D eigenvalue weighted by Gasteiger charge is 2.17. The van der Waals surface area contributed by atoms with E-state index in [-0.39, 0.29) is 5.82 Å². The maximum atomic E-state index is 13.7. The molecule has 2 aromatic carbocycles. The SMILES string of the molecule is CN1CC=C(c2cccc(F)c2)c2ccc(-c3ccc(N)nn3)cc2C1. The number of hydrogen-bond donors (Lipinski definition) is 1. The molecule has 1 aromatic heterocycles. The summed E-state index contributed by atoms with van der Waals surface area (Å²) < 4.78 is 13.7. The predicted molar refractivity (Wildman–Crippen MR) is 102 cm³/mol. The predicted octanol–water partition coefficient (Wildman–Crippen LogP) is 3.74. The van der Waals surface area contributed by atoms with E-state index in [0.717, 1.165) is 41.0 Å². The fourth-order valence-corrected chi connectivity index (χ4v) is 3.28. The Hall–Kier alpha value is -3.05. The summed E-state index contributed by atoms with van der Waals surface area (Å²) in [5.41, 5.74) is 11.6. The molecule has 5 heteroatoms. The van der Waals surface area contributed by atoms with Gasteiger partial charge in [0.25, 0.3) is 0 Å². The summed E-state index contributed by atoms with van der Waals surface area (Å²) in [6, 6.07) is 16.6. The van der Waals surface area contributed by atoms with E-state index in [4.69, 9.17) is 5.73 Å². The summed E-state index contributed by atoms with van der Waals surface area (Å²) in [6.45, 7) is 1.61. The van der Waals surface area contributed by atoms with Gasteiger partial charge in [0.2, 0.25) is 0 Å². The molecule has 0 saturated carbocycles. The number of anilines is 1. The van der Waals surface area contributed by atoms with Gasteiger partial charge in [-0.1, -0.05) is 30.3 Å². The Kier molecular flexibility index (Phi) is 4.22. The standard InChI is InChI=1S/C21H19FN4/c1-26-10-9-19(14-3-2-4-17(22)12-14)18-6-5-15(11-16(18)13-26)20-7-8-21(23)25-24-20/h2-9,11-12H,10,13H2,1H3,(H2,23,25). The molecule has 0 atom stereocenters. The first-order chi connectivity index (χ1) is 12.6. The minimum Gasteiger partial charge on any atom is -0.382 e. The second-order valence-electron chi connectivity index (χ2n) is 6.54. The van der Waals surface area contributed by atoms with Crippen LogP contribution in [-0.4, -0.2) is 28.7 Å². The van der Waals surface area contributed by atoms with E-state index in [1.165, 1.54) is 11.6 Å². The minimum absolute atomic E-state index is 0.226. The fourth-order valence-electron chi connectivity index (χ4n) is 3.28. The van der Waals surface area contributed by atoms with Crippen LogP contribution in [0.4, 0.5) is 10.2 Å². The molecule has 0 bridgehead atoms. The average Bonchev–Trinajstić information content (AvgIpc) is 2.80. The van der Waals surface area contributed by atoms with Crippen molar-refractivity contribution >= 4 is 11.4 Å². The topological polar surface area (TPSA) is 55.0 Å². The van der Waals surface area contributed by atoms with E-state index in [0.29, 0.717) is 5.82 Å². The number of aromatic nitrogens is 2. The molecule has 0 radical (unpaired) electrons. The molecule has 0 spiro atoms. The van der Waals surface area contributed by atoms with Crippen LogP contribution in [0, 0.1) is 5.82 Å². The Balaban J connectivity index is 1.81. The van der Waals surface area contributed by atoms with Crippen LogP contribution >= 0.6 is 0 Å². The number of halogens is 1. The first-order valence-corrected chi connectivity index (χ1v) is 8.48. The van der Waals surface area contributed by atoms with Gasteiger partial charge < -0.3 is 5.73 Å². The zero-order valence-corrected chi connectivity index (χ0v) is 14.5. The minimum atomic E-state index is -0.226. The van der Waals surface area contributed by atoms with Gasteiger partial charge in [0.1, 0.15) is 11.6 Å². The van der Waals surface area contributed by atoms with Crippen molar-refractivity contribution in [1.82, 2.24) is 15.1 Å². The van der Waals surface area contributed by atoms with Crippen molar-refractivity contribution in [2.24, 2.45) is 0 Å². The van der Waals surface area contributed by atoms with Gasteiger partial charge in [0, 0.05) is 18.7 Å². The maximum Gasteiger partial charge on any atom is 0.146 e. The van der Waals surface area contributed by atoms with E-state index in [1.54, 1.807) is 18.2 Å². The van der Waals surface area contributed by atoms with Crippen LogP contribution in [0.1, 0.15) is 16.7 Å². The molecule has 0 aliphatic carbocycles. The van der Waals surface area contributed by atoms with E-state index in [1.807, 2.05) is 18.2 Å². The lowest BCUT2D eigenvalue weighted by atomic mass is 9.92. The van der Waals surface area contributed by atoms with Crippen LogP contribution in [0.5, 0.6) is 0 Å². The molecular formula is C21H19FN4. The van der Waals surface area contributed by atoms with Gasteiger partial charge in [-0.25, -0.2) is 4.39 Å². The van der Waals surface area contributed by atoms with Crippen LogP contribution in [0.25, 0.3) is 16.8 Å². The largest absolute Gasteiger partial charge is 0.382 e. The number of benzene rings is 2. The maximum absolute atomic E-state index is 13.7. The van der Waals surface area contributed by atoms with Crippen molar-refractivity contribution in [3.8, 4) is 11.3 Å². The quantitative estimate of drug-likeness (QED) is 0.768. The monoisotopic (exact) mass is 346 g/mol. The molecule has 0 unspecified atom stereocenters. The Morgan fingerprint density at radius 2 is 1.88 bits per heavy atom. The first-order valence-electron chi connectivity index (χ1n) is 8.48. The molecule has 4 rings (SSSR count). The third kappa shape index (κ3) is 3.21. The molecule has 0 saturated heterocycles. The summed E-state index contributed by atoms with van der Waals surface area (Å²) in [5.74, 6) is 0.177. The van der Waals surface area contributed by atoms with Crippen molar-refractivity contribution in [3.05, 3.63) is 83.2 Å². The van der Waals surface area contributed by atoms with Crippen LogP contribution in [0.3, 0.4) is 0 Å². The lowest BCUT2D eigenvalue weighted by Gasteiger charge is -2.15. The lowest BCUT2D eigenvalue weighted by Crippen LogP contribution is -2.16. The summed E-state index contributed by atoms with van der Waals surface area (Å²) in [5, 5.41) is 8.11. The second-order valence-corrected chi connectivity index (χ2v) is 6.54. The highest BCUT2D eigenvalue weighted by atomic mass is 19.1. The van der Waals surface area contributed by atoms with Gasteiger partial charge in [-0.15, -0.1) is 10.2 Å². The van der Waals surface area contributed by atoms with E-state index in [2.05, 4.69) is 40.4 Å². The zero-order valence-electron chi connectivity index (χ0n) is 14.5. The molecule has 2 heterocycles. The normalized spacial score (nSPS) is 14.5. The van der Waals surface area contributed by atoms with Crippen molar-refractivity contribution in [2.75, 3.05) is 19.3 Å². The van der Waals surface area contributed by atoms with Crippen LogP contribution in [0.15, 0.2) is 60.7 Å². The van der Waals surface area contributed by atoms with E-state index < -0.39 is 0 Å². The molecule has 2 N–H and O–H groups in total. The molecular weight excluding hydrogens is 327 g/mol. The number of fused-ring (bicyclic) bond motifs is 1. The summed E-state index contributed by atoms with van der Waals surface area (Å²) in [4.78, 5) is 2.23. The van der Waals surface area contributed by atoms with Crippen molar-refractivity contribution in [1.29, 1.82) is 0 Å². The molecule has 1 aliphatic heterocycles. The van der Waals surface area contributed by atoms with Gasteiger partial charge in [-0.05, 0) is 59.6 Å². The Bertz CT molecular complexity index is 980. The lowest BCUT2D eigenvalue weighted by molar-refractivity contribution is 0.366. The summed E-state index contributed by atoms with van der Waals surface area (Å²) in [7, 11) is 2.07. The highest BCUT2D eigenvalue weighted by molar-refractivity contribution is 5.83. The third-order valence-corrected chi connectivity index (χ3v) is 4.56. The van der Waals surface area contributed by atoms with Crippen molar-refractivity contribution in [2.45, 2.75) is 6.54 Å². The number of nitrogen functional groups attached to an aromatic ring is 1. The molecule has 4 nitrogen and oxygen atoms in total. The van der Waals surface area contributed by atoms with Gasteiger partial charge >= 0.3 is 0 Å². The fraction of sp³-hybridized carbons (Fsp3) is 0.143. The summed E-state index contributed by atoms with van der Waals surface area (Å²) in [6.07, 6.45) is 2.16. The zero-order chi connectivity index (χ0) is 18.1. The number of nitrogens with two attached hydrogens (primary N) is 1. The second kappa shape index (κ2) is 6.69. The first kappa shape index (κ1) is 16.4. The average molecular weight is 346 g/mol. The number of nitrogens with zero attached hydrogens (tertiary/aromatic N) is 3. The Morgan fingerprint density at radius 3 is 2.65 bits per heavy atom. The van der Waals surface area contributed by atoms with E-state index in [9.17, 15) is 4.39 Å². The smallest absolute Gasteiger partial charge is 0.146 e. The van der Waals surface area contributed by atoms with Gasteiger partial charge in [0.15, 0.2) is 0 Å². The van der Waals surface area contributed by atoms with Crippen molar-refractivity contribution < 1.29 is 4.39 Å². The van der Waals surface area contributed by atoms with Crippen molar-refractivity contribution in [3.63, 3.8) is 0 Å². The van der Waals surface area contributed by atoms with E-state index >= 15 is 0 Å². The number of rotatable bonds is 2.